The topological polar surface area (TPSA) is 87.1 Å². The molecule has 134 valence electrons. The molecule has 0 radical (unpaired) electrons. The quantitative estimate of drug-likeness (QED) is 0.563. The number of hydrogen-bond donors (Lipinski definition) is 1. The van der Waals surface area contributed by atoms with Crippen LogP contribution >= 0.6 is 0 Å². The van der Waals surface area contributed by atoms with E-state index in [9.17, 15) is 0 Å². The molecule has 2 N–H and O–H groups in total. The molecule has 0 bridgehead atoms. The van der Waals surface area contributed by atoms with Gasteiger partial charge in [0.05, 0.1) is 11.4 Å². The fourth-order valence-corrected chi connectivity index (χ4v) is 2.64. The lowest BCUT2D eigenvalue weighted by Gasteiger charge is -2.06. The van der Waals surface area contributed by atoms with E-state index >= 15 is 0 Å². The summed E-state index contributed by atoms with van der Waals surface area (Å²) in [6.45, 7) is 0.447. The van der Waals surface area contributed by atoms with Crippen LogP contribution in [0.1, 0.15) is 17.0 Å². The molecule has 3 heterocycles. The first-order valence-electron chi connectivity index (χ1n) is 8.55. The summed E-state index contributed by atoms with van der Waals surface area (Å²) in [6.07, 6.45) is 4.11. The number of aromatic nitrogens is 3. The Morgan fingerprint density at radius 1 is 0.926 bits per heavy atom. The fourth-order valence-electron chi connectivity index (χ4n) is 2.64. The molecule has 3 aromatic heterocycles. The molecule has 0 saturated carbocycles. The zero-order valence-electron chi connectivity index (χ0n) is 14.6. The molecule has 1 aromatic carbocycles. The van der Waals surface area contributed by atoms with E-state index in [1.807, 2.05) is 54.6 Å². The second-order valence-corrected chi connectivity index (χ2v) is 6.08. The second-order valence-electron chi connectivity index (χ2n) is 6.08. The van der Waals surface area contributed by atoms with E-state index in [1.165, 1.54) is 0 Å². The van der Waals surface area contributed by atoms with Gasteiger partial charge in [-0.1, -0.05) is 23.4 Å². The minimum absolute atomic E-state index is 0.447. The Bertz CT molecular complexity index is 997. The summed E-state index contributed by atoms with van der Waals surface area (Å²) in [5.74, 6) is 1.95. The van der Waals surface area contributed by atoms with E-state index < -0.39 is 0 Å². The van der Waals surface area contributed by atoms with Gasteiger partial charge < -0.3 is 15.0 Å². The Labute approximate surface area is 156 Å². The van der Waals surface area contributed by atoms with Crippen molar-refractivity contribution in [2.75, 3.05) is 5.73 Å². The Hall–Kier alpha value is -3.67. The Kier molecular flexibility index (Phi) is 4.78. The summed E-state index contributed by atoms with van der Waals surface area (Å²) >= 11 is 0. The van der Waals surface area contributed by atoms with Gasteiger partial charge in [-0.15, -0.1) is 0 Å². The van der Waals surface area contributed by atoms with Crippen molar-refractivity contribution >= 4 is 5.82 Å². The van der Waals surface area contributed by atoms with Crippen LogP contribution in [0.4, 0.5) is 5.82 Å². The lowest BCUT2D eigenvalue weighted by Crippen LogP contribution is -1.97. The molecule has 0 spiro atoms. The van der Waals surface area contributed by atoms with E-state index in [2.05, 4.69) is 15.1 Å². The molecule has 0 saturated heterocycles. The van der Waals surface area contributed by atoms with Crippen LogP contribution in [0.5, 0.6) is 5.75 Å². The van der Waals surface area contributed by atoms with Crippen LogP contribution in [0.15, 0.2) is 77.6 Å². The van der Waals surface area contributed by atoms with Crippen molar-refractivity contribution < 1.29 is 9.26 Å². The first kappa shape index (κ1) is 16.8. The van der Waals surface area contributed by atoms with Crippen LogP contribution in [0.25, 0.3) is 11.3 Å². The zero-order chi connectivity index (χ0) is 18.5. The van der Waals surface area contributed by atoms with E-state index in [1.54, 1.807) is 18.5 Å². The molecule has 0 fully saturated rings. The highest BCUT2D eigenvalue weighted by atomic mass is 16.5. The molecule has 4 rings (SSSR count). The minimum Gasteiger partial charge on any atom is -0.487 e. The van der Waals surface area contributed by atoms with Gasteiger partial charge in [-0.25, -0.2) is 4.98 Å². The average Bonchev–Trinajstić information content (AvgIpc) is 3.17. The smallest absolute Gasteiger partial charge is 0.168 e. The lowest BCUT2D eigenvalue weighted by atomic mass is 10.1. The summed E-state index contributed by atoms with van der Waals surface area (Å²) in [6, 6.07) is 19.2. The third-order valence-corrected chi connectivity index (χ3v) is 4.05. The third kappa shape index (κ3) is 4.30. The van der Waals surface area contributed by atoms with E-state index in [4.69, 9.17) is 15.0 Å². The van der Waals surface area contributed by atoms with Crippen molar-refractivity contribution in [3.63, 3.8) is 0 Å². The summed E-state index contributed by atoms with van der Waals surface area (Å²) in [4.78, 5) is 8.31. The van der Waals surface area contributed by atoms with Crippen LogP contribution < -0.4 is 10.5 Å². The highest BCUT2D eigenvalue weighted by Crippen LogP contribution is 2.22. The van der Waals surface area contributed by atoms with Crippen LogP contribution in [0.3, 0.4) is 0 Å². The van der Waals surface area contributed by atoms with Crippen molar-refractivity contribution in [3.05, 3.63) is 90.0 Å². The summed E-state index contributed by atoms with van der Waals surface area (Å²) in [5, 5.41) is 4.14. The number of rotatable bonds is 6. The molecule has 4 aromatic rings. The third-order valence-electron chi connectivity index (χ3n) is 4.05. The van der Waals surface area contributed by atoms with Gasteiger partial charge in [-0.3, -0.25) is 4.98 Å². The molecule has 0 aliphatic rings. The monoisotopic (exact) mass is 358 g/mol. The largest absolute Gasteiger partial charge is 0.487 e. The molecule has 0 amide bonds. The zero-order valence-corrected chi connectivity index (χ0v) is 14.6. The van der Waals surface area contributed by atoms with Crippen molar-refractivity contribution in [2.24, 2.45) is 0 Å². The SMILES string of the molecule is Nc1ccc(-c2cc(Cc3ccc(OCc4ccccn4)cc3)no2)cn1. The highest BCUT2D eigenvalue weighted by Gasteiger charge is 2.08. The van der Waals surface area contributed by atoms with Crippen LogP contribution in [0, 0.1) is 0 Å². The standard InChI is InChI=1S/C21H18N4O2/c22-21-9-6-16(13-24-21)20-12-18(25-27-20)11-15-4-7-19(8-5-15)26-14-17-3-1-2-10-23-17/h1-10,12-13H,11,14H2,(H2,22,24). The Morgan fingerprint density at radius 2 is 1.81 bits per heavy atom. The van der Waals surface area contributed by atoms with Crippen LogP contribution in [0.2, 0.25) is 0 Å². The van der Waals surface area contributed by atoms with E-state index in [0.717, 1.165) is 28.3 Å². The fraction of sp³-hybridized carbons (Fsp3) is 0.0952. The number of nitrogens with zero attached hydrogens (tertiary/aromatic N) is 3. The van der Waals surface area contributed by atoms with Crippen LogP contribution in [-0.4, -0.2) is 15.1 Å². The molecule has 6 nitrogen and oxygen atoms in total. The van der Waals surface area contributed by atoms with Gasteiger partial charge >= 0.3 is 0 Å². The number of nitrogen functional groups attached to an aromatic ring is 1. The van der Waals surface area contributed by atoms with Crippen molar-refractivity contribution in [3.8, 4) is 17.1 Å². The molecular formula is C21H18N4O2. The number of nitrogens with two attached hydrogens (primary N) is 1. The molecule has 0 aliphatic heterocycles. The van der Waals surface area contributed by atoms with Gasteiger partial charge in [0.1, 0.15) is 18.2 Å². The predicted octanol–water partition coefficient (Wildman–Crippen LogP) is 3.88. The Balaban J connectivity index is 1.38. The number of pyridine rings is 2. The predicted molar refractivity (Wildman–Crippen MR) is 102 cm³/mol. The molecular weight excluding hydrogens is 340 g/mol. The first-order valence-corrected chi connectivity index (χ1v) is 8.55. The van der Waals surface area contributed by atoms with Gasteiger partial charge in [-0.2, -0.15) is 0 Å². The maximum Gasteiger partial charge on any atom is 0.168 e. The summed E-state index contributed by atoms with van der Waals surface area (Å²) in [5.41, 5.74) is 9.32. The normalized spacial score (nSPS) is 10.7. The number of benzene rings is 1. The number of anilines is 1. The average molecular weight is 358 g/mol. The van der Waals surface area contributed by atoms with Gasteiger partial charge in [-0.05, 0) is 42.0 Å². The second kappa shape index (κ2) is 7.70. The van der Waals surface area contributed by atoms with Crippen molar-refractivity contribution in [2.45, 2.75) is 13.0 Å². The first-order chi connectivity index (χ1) is 13.3. The maximum absolute atomic E-state index is 5.76. The summed E-state index contributed by atoms with van der Waals surface area (Å²) < 4.78 is 11.2. The molecule has 0 aliphatic carbocycles. The number of hydrogen-bond acceptors (Lipinski definition) is 6. The molecule has 27 heavy (non-hydrogen) atoms. The molecule has 0 atom stereocenters. The van der Waals surface area contributed by atoms with Gasteiger partial charge in [0.2, 0.25) is 0 Å². The molecule has 6 heteroatoms. The van der Waals surface area contributed by atoms with Gasteiger partial charge in [0, 0.05) is 30.4 Å². The number of ether oxygens (including phenoxy) is 1. The van der Waals surface area contributed by atoms with Crippen molar-refractivity contribution in [1.82, 2.24) is 15.1 Å². The van der Waals surface area contributed by atoms with E-state index in [0.29, 0.717) is 24.6 Å². The maximum atomic E-state index is 5.76. The van der Waals surface area contributed by atoms with Crippen LogP contribution in [-0.2, 0) is 13.0 Å². The highest BCUT2D eigenvalue weighted by molar-refractivity contribution is 5.57. The molecule has 0 unspecified atom stereocenters. The van der Waals surface area contributed by atoms with E-state index in [-0.39, 0.29) is 0 Å². The lowest BCUT2D eigenvalue weighted by molar-refractivity contribution is 0.301. The van der Waals surface area contributed by atoms with Gasteiger partial charge in [0.25, 0.3) is 0 Å². The minimum atomic E-state index is 0.447. The van der Waals surface area contributed by atoms with Gasteiger partial charge in [0.15, 0.2) is 5.76 Å². The van der Waals surface area contributed by atoms with Crippen molar-refractivity contribution in [1.29, 1.82) is 0 Å². The Morgan fingerprint density at radius 3 is 2.56 bits per heavy atom. The summed E-state index contributed by atoms with van der Waals surface area (Å²) in [7, 11) is 0.